The first-order chi connectivity index (χ1) is 9.13. The number of hydrogen-bond acceptors (Lipinski definition) is 3. The fourth-order valence-electron chi connectivity index (χ4n) is 2.02. The predicted octanol–water partition coefficient (Wildman–Crippen LogP) is 2.96. The second-order valence-electron chi connectivity index (χ2n) is 4.24. The van der Waals surface area contributed by atoms with E-state index in [1.165, 1.54) is 6.07 Å². The molecule has 1 atom stereocenters. The van der Waals surface area contributed by atoms with E-state index in [-0.39, 0.29) is 16.9 Å². The van der Waals surface area contributed by atoms with Crippen molar-refractivity contribution in [2.75, 3.05) is 12.8 Å². The predicted molar refractivity (Wildman–Crippen MR) is 75.6 cm³/mol. The fraction of sp³-hybridized carbons (Fsp3) is 0.214. The topological polar surface area (TPSA) is 50.9 Å². The van der Waals surface area contributed by atoms with Crippen LogP contribution in [0.4, 0.5) is 10.2 Å². The summed E-state index contributed by atoms with van der Waals surface area (Å²) in [5.74, 6) is 0.0659. The first kappa shape index (κ1) is 13.8. The van der Waals surface area contributed by atoms with Crippen molar-refractivity contribution in [3.05, 3.63) is 58.5 Å². The summed E-state index contributed by atoms with van der Waals surface area (Å²) in [7, 11) is 1.81. The Morgan fingerprint density at radius 1 is 1.37 bits per heavy atom. The van der Waals surface area contributed by atoms with Gasteiger partial charge in [-0.25, -0.2) is 9.37 Å². The van der Waals surface area contributed by atoms with Crippen LogP contribution < -0.4 is 11.1 Å². The molecule has 0 aliphatic carbocycles. The van der Waals surface area contributed by atoms with Gasteiger partial charge < -0.3 is 11.1 Å². The molecule has 2 rings (SSSR count). The second-order valence-corrected chi connectivity index (χ2v) is 4.64. The summed E-state index contributed by atoms with van der Waals surface area (Å²) in [5, 5.41) is 3.26. The molecule has 0 spiro atoms. The lowest BCUT2D eigenvalue weighted by atomic mass is 9.99. The van der Waals surface area contributed by atoms with Crippen LogP contribution in [0.3, 0.4) is 0 Å². The molecule has 5 heteroatoms. The van der Waals surface area contributed by atoms with Gasteiger partial charge in [-0.2, -0.15) is 0 Å². The van der Waals surface area contributed by atoms with E-state index < -0.39 is 0 Å². The highest BCUT2D eigenvalue weighted by Crippen LogP contribution is 2.25. The molecule has 100 valence electrons. The van der Waals surface area contributed by atoms with E-state index in [0.717, 1.165) is 5.56 Å². The third-order valence-electron chi connectivity index (χ3n) is 3.05. The molecule has 0 fully saturated rings. The minimum atomic E-state index is -0.383. The number of nitrogens with zero attached hydrogens (tertiary/aromatic N) is 1. The van der Waals surface area contributed by atoms with Gasteiger partial charge in [0.15, 0.2) is 0 Å². The SMILES string of the molecule is CNC(Cc1cccc(Cl)c1F)c1cccnc1N. The van der Waals surface area contributed by atoms with Crippen molar-refractivity contribution in [3.63, 3.8) is 0 Å². The van der Waals surface area contributed by atoms with Gasteiger partial charge in [-0.15, -0.1) is 0 Å². The van der Waals surface area contributed by atoms with E-state index in [2.05, 4.69) is 10.3 Å². The van der Waals surface area contributed by atoms with Crippen molar-refractivity contribution in [1.82, 2.24) is 10.3 Å². The molecule has 1 unspecified atom stereocenters. The Bertz CT molecular complexity index is 574. The maximum atomic E-state index is 13.9. The molecule has 0 saturated heterocycles. The van der Waals surface area contributed by atoms with E-state index in [9.17, 15) is 4.39 Å². The third kappa shape index (κ3) is 3.03. The number of halogens is 2. The van der Waals surface area contributed by atoms with Crippen LogP contribution in [0.5, 0.6) is 0 Å². The van der Waals surface area contributed by atoms with Crippen molar-refractivity contribution < 1.29 is 4.39 Å². The lowest BCUT2D eigenvalue weighted by Gasteiger charge is -2.18. The number of anilines is 1. The van der Waals surface area contributed by atoms with Crippen LogP contribution in [0, 0.1) is 5.82 Å². The largest absolute Gasteiger partial charge is 0.383 e. The molecule has 1 heterocycles. The summed E-state index contributed by atoms with van der Waals surface area (Å²) in [6.07, 6.45) is 2.09. The van der Waals surface area contributed by atoms with Crippen LogP contribution in [0.1, 0.15) is 17.2 Å². The number of likely N-dealkylation sites (N-methyl/N-ethyl adjacent to an activating group) is 1. The molecule has 0 aliphatic heterocycles. The number of benzene rings is 1. The average Bonchev–Trinajstić information content (AvgIpc) is 2.41. The summed E-state index contributed by atoms with van der Waals surface area (Å²) in [6, 6.07) is 8.57. The van der Waals surface area contributed by atoms with Gasteiger partial charge in [-0.1, -0.05) is 29.8 Å². The van der Waals surface area contributed by atoms with E-state index in [1.807, 2.05) is 12.1 Å². The van der Waals surface area contributed by atoms with E-state index in [4.69, 9.17) is 17.3 Å². The van der Waals surface area contributed by atoms with Crippen LogP contribution in [-0.2, 0) is 6.42 Å². The smallest absolute Gasteiger partial charge is 0.145 e. The molecule has 19 heavy (non-hydrogen) atoms. The molecule has 0 radical (unpaired) electrons. The normalized spacial score (nSPS) is 12.4. The van der Waals surface area contributed by atoms with Crippen LogP contribution in [0.25, 0.3) is 0 Å². The zero-order valence-corrected chi connectivity index (χ0v) is 11.3. The van der Waals surface area contributed by atoms with E-state index in [1.54, 1.807) is 25.4 Å². The summed E-state index contributed by atoms with van der Waals surface area (Å²) >= 11 is 5.79. The number of nitrogens with one attached hydrogen (secondary N) is 1. The van der Waals surface area contributed by atoms with Gasteiger partial charge in [0, 0.05) is 17.8 Å². The first-order valence-corrected chi connectivity index (χ1v) is 6.31. The molecule has 1 aromatic carbocycles. The summed E-state index contributed by atoms with van der Waals surface area (Å²) in [6.45, 7) is 0. The Morgan fingerprint density at radius 3 is 2.84 bits per heavy atom. The number of hydrogen-bond donors (Lipinski definition) is 2. The highest BCUT2D eigenvalue weighted by molar-refractivity contribution is 6.30. The molecule has 3 N–H and O–H groups in total. The molecule has 0 saturated carbocycles. The van der Waals surface area contributed by atoms with Crippen LogP contribution >= 0.6 is 11.6 Å². The molecule has 3 nitrogen and oxygen atoms in total. The van der Waals surface area contributed by atoms with Crippen LogP contribution in [-0.4, -0.2) is 12.0 Å². The van der Waals surface area contributed by atoms with Gasteiger partial charge in [0.05, 0.1) is 5.02 Å². The number of nitrogen functional groups attached to an aromatic ring is 1. The lowest BCUT2D eigenvalue weighted by molar-refractivity contribution is 0.554. The van der Waals surface area contributed by atoms with Crippen LogP contribution in [0.2, 0.25) is 5.02 Å². The Labute approximate surface area is 116 Å². The van der Waals surface area contributed by atoms with Crippen molar-refractivity contribution in [1.29, 1.82) is 0 Å². The zero-order chi connectivity index (χ0) is 13.8. The fourth-order valence-corrected chi connectivity index (χ4v) is 2.21. The van der Waals surface area contributed by atoms with Gasteiger partial charge >= 0.3 is 0 Å². The summed E-state index contributed by atoms with van der Waals surface area (Å²) < 4.78 is 13.9. The Morgan fingerprint density at radius 2 is 2.16 bits per heavy atom. The van der Waals surface area contributed by atoms with Crippen LogP contribution in [0.15, 0.2) is 36.5 Å². The van der Waals surface area contributed by atoms with Crippen molar-refractivity contribution >= 4 is 17.4 Å². The lowest BCUT2D eigenvalue weighted by Crippen LogP contribution is -2.21. The van der Waals surface area contributed by atoms with E-state index in [0.29, 0.717) is 17.8 Å². The maximum Gasteiger partial charge on any atom is 0.145 e. The standard InChI is InChI=1S/C14H15ClFN3/c1-18-12(10-5-3-7-19-14(10)17)8-9-4-2-6-11(15)13(9)16/h2-7,12,18H,8H2,1H3,(H2,17,19). The maximum absolute atomic E-state index is 13.9. The van der Waals surface area contributed by atoms with Gasteiger partial charge in [-0.3, -0.25) is 0 Å². The number of rotatable bonds is 4. The second kappa shape index (κ2) is 5.99. The molecule has 2 aromatic rings. The van der Waals surface area contributed by atoms with Crippen molar-refractivity contribution in [2.24, 2.45) is 0 Å². The van der Waals surface area contributed by atoms with E-state index >= 15 is 0 Å². The average molecular weight is 280 g/mol. The monoisotopic (exact) mass is 279 g/mol. The van der Waals surface area contributed by atoms with Crippen molar-refractivity contribution in [3.8, 4) is 0 Å². The molecular weight excluding hydrogens is 265 g/mol. The molecule has 0 bridgehead atoms. The van der Waals surface area contributed by atoms with Gasteiger partial charge in [0.2, 0.25) is 0 Å². The number of pyridine rings is 1. The highest BCUT2D eigenvalue weighted by atomic mass is 35.5. The Hall–Kier alpha value is -1.65. The molecule has 1 aromatic heterocycles. The Balaban J connectivity index is 2.30. The molecular formula is C14H15ClFN3. The molecule has 0 amide bonds. The Kier molecular flexibility index (Phi) is 4.35. The zero-order valence-electron chi connectivity index (χ0n) is 10.5. The summed E-state index contributed by atoms with van der Waals surface area (Å²) in [5.41, 5.74) is 7.25. The van der Waals surface area contributed by atoms with Gasteiger partial charge in [-0.05, 0) is 31.2 Å². The first-order valence-electron chi connectivity index (χ1n) is 5.94. The quantitative estimate of drug-likeness (QED) is 0.905. The summed E-state index contributed by atoms with van der Waals surface area (Å²) in [4.78, 5) is 4.05. The molecule has 0 aliphatic rings. The third-order valence-corrected chi connectivity index (χ3v) is 3.34. The number of nitrogens with two attached hydrogens (primary N) is 1. The van der Waals surface area contributed by atoms with Gasteiger partial charge in [0.25, 0.3) is 0 Å². The van der Waals surface area contributed by atoms with Crippen molar-refractivity contribution in [2.45, 2.75) is 12.5 Å². The highest BCUT2D eigenvalue weighted by Gasteiger charge is 2.16. The minimum Gasteiger partial charge on any atom is -0.383 e. The van der Waals surface area contributed by atoms with Gasteiger partial charge in [0.1, 0.15) is 11.6 Å². The number of aromatic nitrogens is 1. The minimum absolute atomic E-state index is 0.110.